The van der Waals surface area contributed by atoms with Crippen LogP contribution in [0.3, 0.4) is 0 Å². The van der Waals surface area contributed by atoms with E-state index in [-0.39, 0.29) is 29.0 Å². The molecule has 4 rings (SSSR count). The molecule has 1 aliphatic rings. The number of aryl methyl sites for hydroxylation is 1. The van der Waals surface area contributed by atoms with E-state index in [2.05, 4.69) is 16.9 Å². The minimum Gasteiger partial charge on any atom is -0.343 e. The normalized spacial score (nSPS) is 16.1. The minimum atomic E-state index is -3.55. The molecule has 0 N–H and O–H groups in total. The maximum atomic E-state index is 12.8. The van der Waals surface area contributed by atoms with E-state index >= 15 is 0 Å². The molecule has 2 aromatic carbocycles. The van der Waals surface area contributed by atoms with E-state index in [0.717, 1.165) is 28.4 Å². The first kappa shape index (κ1) is 23.0. The topological polar surface area (TPSA) is 71.7 Å². The Morgan fingerprint density at radius 3 is 2.53 bits per heavy atom. The summed E-state index contributed by atoms with van der Waals surface area (Å²) in [5.74, 6) is -0.309. The molecule has 0 aliphatic carbocycles. The Bertz CT molecular complexity index is 1320. The lowest BCUT2D eigenvalue weighted by Crippen LogP contribution is -2.40. The van der Waals surface area contributed by atoms with Gasteiger partial charge >= 0.3 is 0 Å². The Labute approximate surface area is 197 Å². The molecule has 3 aromatic rings. The summed E-state index contributed by atoms with van der Waals surface area (Å²) in [6.07, 6.45) is 1.58. The molecule has 0 spiro atoms. The number of piperidine rings is 1. The zero-order valence-electron chi connectivity index (χ0n) is 18.1. The highest BCUT2D eigenvalue weighted by molar-refractivity contribution is 7.91. The van der Waals surface area contributed by atoms with Crippen LogP contribution in [0.4, 0.5) is 0 Å². The standard InChI is InChI=1S/C23H26ClN3O3S2/c1-16-15-31-23(26(16)2)25-20-7-10-27(11-8-20)22(28)9-12-32(29,30)21-6-4-17-13-19(24)5-3-18(17)14-21/h3-6,13-15,20H,7-12H2,1-2H3/b25-23-. The molecule has 6 nitrogen and oxygen atoms in total. The molecule has 9 heteroatoms. The lowest BCUT2D eigenvalue weighted by Gasteiger charge is -2.30. The number of carbonyl (C=O) groups is 1. The highest BCUT2D eigenvalue weighted by atomic mass is 35.5. The van der Waals surface area contributed by atoms with E-state index in [9.17, 15) is 13.2 Å². The maximum absolute atomic E-state index is 12.8. The number of hydrogen-bond acceptors (Lipinski definition) is 5. The predicted octanol–water partition coefficient (Wildman–Crippen LogP) is 3.96. The number of likely N-dealkylation sites (tertiary alicyclic amines) is 1. The first-order chi connectivity index (χ1) is 15.2. The summed E-state index contributed by atoms with van der Waals surface area (Å²) in [5, 5.41) is 4.38. The maximum Gasteiger partial charge on any atom is 0.223 e. The van der Waals surface area contributed by atoms with Gasteiger partial charge in [0.05, 0.1) is 16.7 Å². The predicted molar refractivity (Wildman–Crippen MR) is 129 cm³/mol. The van der Waals surface area contributed by atoms with Crippen molar-refractivity contribution in [2.45, 2.75) is 37.1 Å². The van der Waals surface area contributed by atoms with E-state index in [4.69, 9.17) is 16.6 Å². The van der Waals surface area contributed by atoms with Crippen molar-refractivity contribution >= 4 is 49.5 Å². The van der Waals surface area contributed by atoms with Crippen LogP contribution in [0, 0.1) is 6.92 Å². The number of amides is 1. The zero-order chi connectivity index (χ0) is 22.9. The van der Waals surface area contributed by atoms with Gasteiger partial charge in [0.25, 0.3) is 0 Å². The summed E-state index contributed by atoms with van der Waals surface area (Å²) in [7, 11) is -1.54. The molecule has 1 fully saturated rings. The molecule has 1 amide bonds. The van der Waals surface area contributed by atoms with Gasteiger partial charge in [0, 0.05) is 42.7 Å². The quantitative estimate of drug-likeness (QED) is 0.542. The van der Waals surface area contributed by atoms with E-state index in [0.29, 0.717) is 18.1 Å². The molecule has 1 saturated heterocycles. The summed E-state index contributed by atoms with van der Waals surface area (Å²) >= 11 is 7.63. The number of aromatic nitrogens is 1. The lowest BCUT2D eigenvalue weighted by molar-refractivity contribution is -0.131. The van der Waals surface area contributed by atoms with E-state index < -0.39 is 9.84 Å². The number of nitrogens with zero attached hydrogens (tertiary/aromatic N) is 3. The Balaban J connectivity index is 1.35. The third kappa shape index (κ3) is 5.08. The second-order valence-electron chi connectivity index (χ2n) is 8.18. The molecular formula is C23H26ClN3O3S2. The van der Waals surface area contributed by atoms with Crippen LogP contribution >= 0.6 is 22.9 Å². The highest BCUT2D eigenvalue weighted by Crippen LogP contribution is 2.24. The molecule has 170 valence electrons. The van der Waals surface area contributed by atoms with E-state index in [1.54, 1.807) is 52.6 Å². The lowest BCUT2D eigenvalue weighted by atomic mass is 10.1. The van der Waals surface area contributed by atoms with Gasteiger partial charge in [0.15, 0.2) is 14.6 Å². The Morgan fingerprint density at radius 2 is 1.84 bits per heavy atom. The van der Waals surface area contributed by atoms with Gasteiger partial charge in [-0.05, 0) is 54.8 Å². The minimum absolute atomic E-state index is 0.0120. The number of rotatable bonds is 5. The van der Waals surface area contributed by atoms with Crippen LogP contribution in [0.15, 0.2) is 51.7 Å². The SMILES string of the molecule is Cc1cs/c(=N\C2CCN(C(=O)CCS(=O)(=O)c3ccc4cc(Cl)ccc4c3)CC2)n1C. The van der Waals surface area contributed by atoms with Crippen molar-refractivity contribution < 1.29 is 13.2 Å². The van der Waals surface area contributed by atoms with Crippen LogP contribution in [0.1, 0.15) is 25.0 Å². The summed E-state index contributed by atoms with van der Waals surface area (Å²) in [6.45, 7) is 3.27. The fourth-order valence-electron chi connectivity index (χ4n) is 3.85. The molecule has 2 heterocycles. The summed E-state index contributed by atoms with van der Waals surface area (Å²) < 4.78 is 27.7. The van der Waals surface area contributed by atoms with Gasteiger partial charge in [-0.15, -0.1) is 11.3 Å². The van der Waals surface area contributed by atoms with Gasteiger partial charge in [-0.3, -0.25) is 9.79 Å². The second-order valence-corrected chi connectivity index (χ2v) is 11.6. The third-order valence-corrected chi connectivity index (χ3v) is 8.98. The first-order valence-electron chi connectivity index (χ1n) is 10.6. The number of hydrogen-bond donors (Lipinski definition) is 0. The van der Waals surface area contributed by atoms with Crippen LogP contribution in [0.2, 0.25) is 5.02 Å². The van der Waals surface area contributed by atoms with Gasteiger partial charge < -0.3 is 9.47 Å². The molecule has 32 heavy (non-hydrogen) atoms. The number of fused-ring (bicyclic) bond motifs is 1. The third-order valence-electron chi connectivity index (χ3n) is 5.98. The van der Waals surface area contributed by atoms with Gasteiger partial charge in [-0.2, -0.15) is 0 Å². The molecule has 1 aliphatic heterocycles. The van der Waals surface area contributed by atoms with Crippen LogP contribution in [0.5, 0.6) is 0 Å². The van der Waals surface area contributed by atoms with Crippen LogP contribution in [-0.2, 0) is 21.7 Å². The highest BCUT2D eigenvalue weighted by Gasteiger charge is 2.24. The molecule has 0 atom stereocenters. The van der Waals surface area contributed by atoms with Gasteiger partial charge in [-0.25, -0.2) is 8.42 Å². The van der Waals surface area contributed by atoms with Gasteiger partial charge in [0.1, 0.15) is 0 Å². The average molecular weight is 492 g/mol. The van der Waals surface area contributed by atoms with Crippen LogP contribution in [-0.4, -0.2) is 48.7 Å². The smallest absolute Gasteiger partial charge is 0.223 e. The number of sulfone groups is 1. The van der Waals surface area contributed by atoms with Crippen molar-refractivity contribution in [2.75, 3.05) is 18.8 Å². The Hall–Kier alpha value is -2.16. The van der Waals surface area contributed by atoms with Crippen molar-refractivity contribution in [2.24, 2.45) is 12.0 Å². The fraction of sp³-hybridized carbons (Fsp3) is 0.391. The van der Waals surface area contributed by atoms with Crippen molar-refractivity contribution in [3.8, 4) is 0 Å². The van der Waals surface area contributed by atoms with Crippen LogP contribution in [0.25, 0.3) is 10.8 Å². The van der Waals surface area contributed by atoms with Crippen molar-refractivity contribution in [1.29, 1.82) is 0 Å². The molecule has 0 saturated carbocycles. The number of benzene rings is 2. The first-order valence-corrected chi connectivity index (χ1v) is 13.5. The van der Waals surface area contributed by atoms with Gasteiger partial charge in [-0.1, -0.05) is 23.7 Å². The van der Waals surface area contributed by atoms with Crippen molar-refractivity contribution in [3.63, 3.8) is 0 Å². The molecule has 0 bridgehead atoms. The zero-order valence-corrected chi connectivity index (χ0v) is 20.5. The Morgan fingerprint density at radius 1 is 1.16 bits per heavy atom. The number of halogens is 1. The molecule has 1 aromatic heterocycles. The molecular weight excluding hydrogens is 466 g/mol. The van der Waals surface area contributed by atoms with E-state index in [1.165, 1.54) is 5.69 Å². The summed E-state index contributed by atoms with van der Waals surface area (Å²) in [5.41, 5.74) is 1.18. The Kier molecular flexibility index (Phi) is 6.74. The van der Waals surface area contributed by atoms with Gasteiger partial charge in [0.2, 0.25) is 5.91 Å². The van der Waals surface area contributed by atoms with Crippen molar-refractivity contribution in [1.82, 2.24) is 9.47 Å². The van der Waals surface area contributed by atoms with Crippen molar-refractivity contribution in [3.05, 3.63) is 57.3 Å². The monoisotopic (exact) mass is 491 g/mol. The fourth-order valence-corrected chi connectivity index (χ4v) is 6.24. The summed E-state index contributed by atoms with van der Waals surface area (Å²) in [4.78, 5) is 20.5. The van der Waals surface area contributed by atoms with Crippen LogP contribution < -0.4 is 4.80 Å². The number of thiazole rings is 1. The second kappa shape index (κ2) is 9.37. The molecule has 0 unspecified atom stereocenters. The summed E-state index contributed by atoms with van der Waals surface area (Å²) in [6, 6.07) is 10.5. The molecule has 0 radical (unpaired) electrons. The number of carbonyl (C=O) groups excluding carboxylic acids is 1. The van der Waals surface area contributed by atoms with E-state index in [1.807, 2.05) is 7.05 Å². The largest absolute Gasteiger partial charge is 0.343 e. The average Bonchev–Trinajstić information content (AvgIpc) is 3.09.